The molecule has 3 aromatic rings. The highest BCUT2D eigenvalue weighted by Gasteiger charge is 2.43. The third-order valence-corrected chi connectivity index (χ3v) is 6.60. The highest BCUT2D eigenvalue weighted by molar-refractivity contribution is 9.10. The maximum Gasteiger partial charge on any atom is 0.270 e. The number of hydrogen-bond acceptors (Lipinski definition) is 2. The molecule has 0 radical (unpaired) electrons. The van der Waals surface area contributed by atoms with Gasteiger partial charge in [-0.05, 0) is 35.9 Å². The smallest absolute Gasteiger partial charge is 0.270 e. The molecule has 7 heteroatoms. The van der Waals surface area contributed by atoms with E-state index in [9.17, 15) is 4.79 Å². The molecule has 4 rings (SSSR count). The molecule has 0 saturated carbocycles. The van der Waals surface area contributed by atoms with E-state index in [0.717, 1.165) is 27.4 Å². The molecular formula is C20H17BrCl2N2O2. The lowest BCUT2D eigenvalue weighted by Gasteiger charge is -2.38. The van der Waals surface area contributed by atoms with Gasteiger partial charge in [0.2, 0.25) is 0 Å². The van der Waals surface area contributed by atoms with Gasteiger partial charge in [0.05, 0.1) is 22.2 Å². The average molecular weight is 468 g/mol. The second-order valence-electron chi connectivity index (χ2n) is 6.71. The number of likely N-dealkylation sites (N-methyl/N-ethyl adjacent to an activating group) is 1. The third kappa shape index (κ3) is 3.17. The van der Waals surface area contributed by atoms with Gasteiger partial charge in [-0.3, -0.25) is 4.79 Å². The number of ether oxygens (including phenoxy) is 1. The minimum Gasteiger partial charge on any atom is -0.379 e. The Morgan fingerprint density at radius 1 is 1.22 bits per heavy atom. The van der Waals surface area contributed by atoms with Crippen LogP contribution in [0.25, 0.3) is 10.9 Å². The van der Waals surface area contributed by atoms with Crippen molar-refractivity contribution in [2.24, 2.45) is 0 Å². The number of benzene rings is 2. The second kappa shape index (κ2) is 7.13. The number of nitrogens with zero attached hydrogens (tertiary/aromatic N) is 1. The number of nitrogens with one attached hydrogen (secondary N) is 1. The molecule has 2 aromatic carbocycles. The van der Waals surface area contributed by atoms with Crippen molar-refractivity contribution >= 4 is 55.9 Å². The Labute approximate surface area is 175 Å². The fourth-order valence-electron chi connectivity index (χ4n) is 3.63. The molecular weight excluding hydrogens is 451 g/mol. The number of H-pyrrole nitrogens is 1. The highest BCUT2D eigenvalue weighted by Crippen LogP contribution is 2.38. The first-order valence-corrected chi connectivity index (χ1v) is 10.1. The number of carbonyl (C=O) groups excluding carboxylic acids is 1. The van der Waals surface area contributed by atoms with Crippen LogP contribution < -0.4 is 0 Å². The number of rotatable bonds is 3. The van der Waals surface area contributed by atoms with Crippen LogP contribution in [-0.2, 0) is 10.3 Å². The first-order valence-electron chi connectivity index (χ1n) is 8.51. The first-order chi connectivity index (χ1) is 12.9. The summed E-state index contributed by atoms with van der Waals surface area (Å²) in [4.78, 5) is 18.2. The lowest BCUT2D eigenvalue weighted by Crippen LogP contribution is -2.47. The zero-order valence-electron chi connectivity index (χ0n) is 14.6. The van der Waals surface area contributed by atoms with Gasteiger partial charge in [-0.25, -0.2) is 0 Å². The number of fused-ring (bicyclic) bond motifs is 1. The van der Waals surface area contributed by atoms with Crippen molar-refractivity contribution in [3.8, 4) is 0 Å². The van der Waals surface area contributed by atoms with Crippen LogP contribution in [0.2, 0.25) is 10.0 Å². The summed E-state index contributed by atoms with van der Waals surface area (Å²) >= 11 is 15.8. The van der Waals surface area contributed by atoms with Gasteiger partial charge in [-0.2, -0.15) is 0 Å². The zero-order valence-corrected chi connectivity index (χ0v) is 17.7. The quantitative estimate of drug-likeness (QED) is 0.542. The maximum absolute atomic E-state index is 13.3. The van der Waals surface area contributed by atoms with E-state index < -0.39 is 5.54 Å². The number of aromatic amines is 1. The van der Waals surface area contributed by atoms with Crippen molar-refractivity contribution in [3.63, 3.8) is 0 Å². The Hall–Kier alpha value is -1.53. The van der Waals surface area contributed by atoms with Crippen molar-refractivity contribution in [3.05, 3.63) is 68.2 Å². The number of amides is 1. The van der Waals surface area contributed by atoms with Crippen LogP contribution in [0.1, 0.15) is 22.5 Å². The van der Waals surface area contributed by atoms with E-state index in [1.165, 1.54) is 0 Å². The predicted molar refractivity (Wildman–Crippen MR) is 112 cm³/mol. The molecule has 1 aliphatic heterocycles. The number of aromatic nitrogens is 1. The summed E-state index contributed by atoms with van der Waals surface area (Å²) in [5, 5.41) is 1.64. The Balaban J connectivity index is 1.73. The van der Waals surface area contributed by atoms with Crippen LogP contribution in [0.3, 0.4) is 0 Å². The van der Waals surface area contributed by atoms with E-state index in [1.54, 1.807) is 17.0 Å². The van der Waals surface area contributed by atoms with Crippen molar-refractivity contribution in [2.75, 3.05) is 20.3 Å². The van der Waals surface area contributed by atoms with Gasteiger partial charge in [-0.15, -0.1) is 0 Å². The van der Waals surface area contributed by atoms with Crippen LogP contribution in [0.5, 0.6) is 0 Å². The Bertz CT molecular complexity index is 1010. The summed E-state index contributed by atoms with van der Waals surface area (Å²) in [7, 11) is 1.82. The number of hydrogen-bond donors (Lipinski definition) is 1. The van der Waals surface area contributed by atoms with Crippen molar-refractivity contribution in [1.82, 2.24) is 9.88 Å². The summed E-state index contributed by atoms with van der Waals surface area (Å²) in [5.74, 6) is -0.119. The topological polar surface area (TPSA) is 45.3 Å². The van der Waals surface area contributed by atoms with Gasteiger partial charge in [0.15, 0.2) is 0 Å². The fraction of sp³-hybridized carbons (Fsp3) is 0.250. The molecule has 27 heavy (non-hydrogen) atoms. The Morgan fingerprint density at radius 3 is 2.63 bits per heavy atom. The molecule has 1 aromatic heterocycles. The van der Waals surface area contributed by atoms with Crippen molar-refractivity contribution < 1.29 is 9.53 Å². The summed E-state index contributed by atoms with van der Waals surface area (Å²) in [6, 6.07) is 13.3. The molecule has 0 aliphatic carbocycles. The molecule has 140 valence electrons. The van der Waals surface area contributed by atoms with Crippen molar-refractivity contribution in [1.29, 1.82) is 0 Å². The first kappa shape index (κ1) is 18.8. The van der Waals surface area contributed by atoms with Crippen LogP contribution in [0, 0.1) is 0 Å². The minimum atomic E-state index is -0.503. The molecule has 1 N–H and O–H groups in total. The van der Waals surface area contributed by atoms with E-state index >= 15 is 0 Å². The molecule has 1 saturated heterocycles. The third-order valence-electron chi connectivity index (χ3n) is 5.25. The standard InChI is InChI=1S/C20H17BrCl2N2O2/c1-25(20(8-9-27-11-20)12-2-4-13(21)5-3-12)19(26)17-10-14-16(24-17)7-6-15(22)18(14)23/h2-7,10,24H,8-9,11H2,1H3. The van der Waals surface area contributed by atoms with Crippen LogP contribution in [0.4, 0.5) is 0 Å². The van der Waals surface area contributed by atoms with E-state index in [-0.39, 0.29) is 5.91 Å². The number of halogens is 3. The molecule has 1 atom stereocenters. The lowest BCUT2D eigenvalue weighted by molar-refractivity contribution is 0.0490. The Kier molecular flexibility index (Phi) is 4.97. The molecule has 2 heterocycles. The van der Waals surface area contributed by atoms with Gasteiger partial charge in [0.1, 0.15) is 5.69 Å². The summed E-state index contributed by atoms with van der Waals surface area (Å²) in [6.45, 7) is 1.07. The van der Waals surface area contributed by atoms with E-state index in [1.807, 2.05) is 37.4 Å². The largest absolute Gasteiger partial charge is 0.379 e. The fourth-order valence-corrected chi connectivity index (χ4v) is 4.28. The summed E-state index contributed by atoms with van der Waals surface area (Å²) < 4.78 is 6.69. The normalized spacial score (nSPS) is 19.6. The van der Waals surface area contributed by atoms with Crippen molar-refractivity contribution in [2.45, 2.75) is 12.0 Å². The maximum atomic E-state index is 13.3. The van der Waals surface area contributed by atoms with E-state index in [2.05, 4.69) is 20.9 Å². The monoisotopic (exact) mass is 466 g/mol. The molecule has 1 fully saturated rings. The lowest BCUT2D eigenvalue weighted by atomic mass is 9.87. The van der Waals surface area contributed by atoms with Gasteiger partial charge in [0.25, 0.3) is 5.91 Å². The zero-order chi connectivity index (χ0) is 19.2. The van der Waals surface area contributed by atoms with Gasteiger partial charge in [0, 0.05) is 35.5 Å². The second-order valence-corrected chi connectivity index (χ2v) is 8.41. The molecule has 1 amide bonds. The van der Waals surface area contributed by atoms with E-state index in [4.69, 9.17) is 27.9 Å². The van der Waals surface area contributed by atoms with Crippen LogP contribution >= 0.6 is 39.1 Å². The minimum absolute atomic E-state index is 0.119. The van der Waals surface area contributed by atoms with Gasteiger partial charge in [-0.1, -0.05) is 51.3 Å². The highest BCUT2D eigenvalue weighted by atomic mass is 79.9. The average Bonchev–Trinajstić information content (AvgIpc) is 3.32. The molecule has 1 unspecified atom stereocenters. The van der Waals surface area contributed by atoms with Gasteiger partial charge >= 0.3 is 0 Å². The predicted octanol–water partition coefficient (Wildman–Crippen LogP) is 5.63. The summed E-state index contributed by atoms with van der Waals surface area (Å²) in [6.07, 6.45) is 0.740. The van der Waals surface area contributed by atoms with Crippen LogP contribution in [0.15, 0.2) is 46.9 Å². The number of carbonyl (C=O) groups is 1. The van der Waals surface area contributed by atoms with Crippen LogP contribution in [-0.4, -0.2) is 36.1 Å². The SMILES string of the molecule is CN(C(=O)c1cc2c(Cl)c(Cl)ccc2[nH]1)C1(c2ccc(Br)cc2)CCOC1. The molecule has 0 spiro atoms. The van der Waals surface area contributed by atoms with Gasteiger partial charge < -0.3 is 14.6 Å². The van der Waals surface area contributed by atoms with E-state index in [0.29, 0.717) is 29.0 Å². The molecule has 1 aliphatic rings. The molecule has 0 bridgehead atoms. The summed E-state index contributed by atoms with van der Waals surface area (Å²) in [5.41, 5.74) is 1.80. The Morgan fingerprint density at radius 2 is 1.96 bits per heavy atom. The molecule has 4 nitrogen and oxygen atoms in total.